The molecule has 0 bridgehead atoms. The summed E-state index contributed by atoms with van der Waals surface area (Å²) in [5.74, 6) is 0.179. The number of benzene rings is 1. The van der Waals surface area contributed by atoms with Gasteiger partial charge in [-0.3, -0.25) is 4.79 Å². The summed E-state index contributed by atoms with van der Waals surface area (Å²) in [6.07, 6.45) is -1.71. The van der Waals surface area contributed by atoms with Gasteiger partial charge in [0.2, 0.25) is 0 Å². The van der Waals surface area contributed by atoms with Crippen molar-refractivity contribution < 1.29 is 18.0 Å². The van der Waals surface area contributed by atoms with E-state index < -0.39 is 11.9 Å². The van der Waals surface area contributed by atoms with E-state index in [1.807, 2.05) is 22.7 Å². The Kier molecular flexibility index (Phi) is 4.18. The van der Waals surface area contributed by atoms with Gasteiger partial charge in [0.15, 0.2) is 0 Å². The van der Waals surface area contributed by atoms with Gasteiger partial charge >= 0.3 is 6.18 Å². The number of pyridine rings is 1. The summed E-state index contributed by atoms with van der Waals surface area (Å²) in [6.45, 7) is 0. The SMILES string of the molecule is CN(C(=O)c1ccc2nc(N)c3cccn3c2c1)C1CCc2nc(C(F)(F)F)ccc21. The van der Waals surface area contributed by atoms with Crippen molar-refractivity contribution in [3.8, 4) is 0 Å². The third kappa shape index (κ3) is 3.08. The number of nitrogens with zero attached hydrogens (tertiary/aromatic N) is 4. The van der Waals surface area contributed by atoms with E-state index in [9.17, 15) is 18.0 Å². The van der Waals surface area contributed by atoms with Gasteiger partial charge in [0.05, 0.1) is 22.6 Å². The summed E-state index contributed by atoms with van der Waals surface area (Å²) < 4.78 is 40.8. The monoisotopic (exact) mass is 425 g/mol. The van der Waals surface area contributed by atoms with Crippen LogP contribution in [0.1, 0.15) is 39.8 Å². The summed E-state index contributed by atoms with van der Waals surface area (Å²) in [6, 6.07) is 11.0. The van der Waals surface area contributed by atoms with Crippen LogP contribution >= 0.6 is 0 Å². The van der Waals surface area contributed by atoms with E-state index in [4.69, 9.17) is 5.73 Å². The Balaban J connectivity index is 1.49. The normalized spacial score (nSPS) is 16.1. The van der Waals surface area contributed by atoms with Crippen LogP contribution in [0.25, 0.3) is 16.6 Å². The lowest BCUT2D eigenvalue weighted by atomic mass is 10.1. The van der Waals surface area contributed by atoms with Crippen molar-refractivity contribution in [2.45, 2.75) is 25.1 Å². The molecule has 1 aromatic carbocycles. The summed E-state index contributed by atoms with van der Waals surface area (Å²) in [5, 5.41) is 0. The maximum absolute atomic E-state index is 13.2. The summed E-state index contributed by atoms with van der Waals surface area (Å²) in [7, 11) is 1.66. The lowest BCUT2D eigenvalue weighted by molar-refractivity contribution is -0.141. The number of rotatable bonds is 2. The van der Waals surface area contributed by atoms with Gasteiger partial charge in [-0.15, -0.1) is 0 Å². The Hall–Kier alpha value is -3.62. The molecular weight excluding hydrogens is 407 g/mol. The van der Waals surface area contributed by atoms with Gasteiger partial charge in [0.25, 0.3) is 5.91 Å². The molecule has 0 spiro atoms. The van der Waals surface area contributed by atoms with Crippen LogP contribution in [0.15, 0.2) is 48.7 Å². The minimum absolute atomic E-state index is 0.225. The Bertz CT molecular complexity index is 1340. The second kappa shape index (κ2) is 6.69. The number of aromatic nitrogens is 3. The molecule has 1 amide bonds. The fourth-order valence-electron chi connectivity index (χ4n) is 4.28. The topological polar surface area (TPSA) is 76.5 Å². The smallest absolute Gasteiger partial charge is 0.382 e. The van der Waals surface area contributed by atoms with E-state index in [0.717, 1.165) is 17.1 Å². The highest BCUT2D eigenvalue weighted by molar-refractivity contribution is 5.98. The Labute approximate surface area is 175 Å². The number of hydrogen-bond donors (Lipinski definition) is 1. The fourth-order valence-corrected chi connectivity index (χ4v) is 4.28. The van der Waals surface area contributed by atoms with Gasteiger partial charge in [0.1, 0.15) is 11.5 Å². The van der Waals surface area contributed by atoms with Gasteiger partial charge in [-0.2, -0.15) is 13.2 Å². The highest BCUT2D eigenvalue weighted by Crippen LogP contribution is 2.37. The maximum Gasteiger partial charge on any atom is 0.433 e. The van der Waals surface area contributed by atoms with Crippen molar-refractivity contribution in [3.05, 3.63) is 71.2 Å². The molecular formula is C22H18F3N5O. The van der Waals surface area contributed by atoms with Crippen molar-refractivity contribution in [2.24, 2.45) is 0 Å². The number of halogens is 3. The number of carbonyl (C=O) groups is 1. The molecule has 0 saturated heterocycles. The number of nitrogen functional groups attached to an aromatic ring is 1. The number of amides is 1. The van der Waals surface area contributed by atoms with Crippen molar-refractivity contribution in [2.75, 3.05) is 12.8 Å². The molecule has 2 N–H and O–H groups in total. The molecule has 6 nitrogen and oxygen atoms in total. The van der Waals surface area contributed by atoms with Crippen molar-refractivity contribution in [1.29, 1.82) is 0 Å². The van der Waals surface area contributed by atoms with Gasteiger partial charge < -0.3 is 15.0 Å². The lowest BCUT2D eigenvalue weighted by Gasteiger charge is -2.25. The number of nitrogens with two attached hydrogens (primary N) is 1. The molecule has 4 aromatic rings. The zero-order valence-corrected chi connectivity index (χ0v) is 16.5. The van der Waals surface area contributed by atoms with Crippen LogP contribution in [-0.4, -0.2) is 32.2 Å². The summed E-state index contributed by atoms with van der Waals surface area (Å²) >= 11 is 0. The molecule has 1 atom stereocenters. The zero-order chi connectivity index (χ0) is 21.9. The molecule has 1 unspecified atom stereocenters. The van der Waals surface area contributed by atoms with E-state index in [2.05, 4.69) is 9.97 Å². The summed E-state index contributed by atoms with van der Waals surface area (Å²) in [5.41, 5.74) is 8.77. The summed E-state index contributed by atoms with van der Waals surface area (Å²) in [4.78, 5) is 23.0. The standard InChI is InChI=1S/C22H18F3N5O/c1-29(16-8-7-14-13(16)5-9-19(27-14)22(23,24)25)21(31)12-4-6-15-18(11-12)30-10-2-3-17(30)20(26)28-15/h2-6,9-11,16H,7-8H2,1H3,(H2,26,28). The first-order valence-electron chi connectivity index (χ1n) is 9.74. The molecule has 158 valence electrons. The van der Waals surface area contributed by atoms with Crippen LogP contribution in [0.5, 0.6) is 0 Å². The van der Waals surface area contributed by atoms with Crippen LogP contribution in [0.3, 0.4) is 0 Å². The van der Waals surface area contributed by atoms with Crippen LogP contribution in [-0.2, 0) is 12.6 Å². The van der Waals surface area contributed by atoms with E-state index in [0.29, 0.717) is 41.0 Å². The van der Waals surface area contributed by atoms with Crippen molar-refractivity contribution in [1.82, 2.24) is 19.3 Å². The third-order valence-corrected chi connectivity index (χ3v) is 5.84. The van der Waals surface area contributed by atoms with Gasteiger partial charge in [-0.05, 0) is 54.8 Å². The number of fused-ring (bicyclic) bond motifs is 4. The molecule has 31 heavy (non-hydrogen) atoms. The first-order valence-corrected chi connectivity index (χ1v) is 9.74. The lowest BCUT2D eigenvalue weighted by Crippen LogP contribution is -2.30. The number of carbonyl (C=O) groups excluding carboxylic acids is 1. The first-order chi connectivity index (χ1) is 14.7. The second-order valence-corrected chi connectivity index (χ2v) is 7.66. The minimum atomic E-state index is -4.48. The molecule has 3 aromatic heterocycles. The van der Waals surface area contributed by atoms with Crippen LogP contribution < -0.4 is 5.73 Å². The third-order valence-electron chi connectivity index (χ3n) is 5.84. The Morgan fingerprint density at radius 3 is 2.74 bits per heavy atom. The maximum atomic E-state index is 13.2. The van der Waals surface area contributed by atoms with Crippen LogP contribution in [0, 0.1) is 0 Å². The molecule has 9 heteroatoms. The molecule has 5 rings (SSSR count). The highest BCUT2D eigenvalue weighted by Gasteiger charge is 2.36. The van der Waals surface area contributed by atoms with Crippen molar-refractivity contribution >= 4 is 28.3 Å². The molecule has 0 saturated carbocycles. The van der Waals surface area contributed by atoms with Gasteiger partial charge in [-0.1, -0.05) is 6.07 Å². The molecule has 0 aliphatic heterocycles. The number of hydrogen-bond acceptors (Lipinski definition) is 4. The number of aryl methyl sites for hydroxylation is 1. The van der Waals surface area contributed by atoms with E-state index in [-0.39, 0.29) is 11.9 Å². The first kappa shape index (κ1) is 19.3. The van der Waals surface area contributed by atoms with E-state index in [1.54, 1.807) is 30.1 Å². The highest BCUT2D eigenvalue weighted by atomic mass is 19.4. The molecule has 0 fully saturated rings. The number of alkyl halides is 3. The van der Waals surface area contributed by atoms with E-state index in [1.165, 1.54) is 6.07 Å². The second-order valence-electron chi connectivity index (χ2n) is 7.66. The average Bonchev–Trinajstić information content (AvgIpc) is 3.39. The minimum Gasteiger partial charge on any atom is -0.382 e. The average molecular weight is 425 g/mol. The van der Waals surface area contributed by atoms with Crippen molar-refractivity contribution in [3.63, 3.8) is 0 Å². The van der Waals surface area contributed by atoms with Crippen LogP contribution in [0.4, 0.5) is 19.0 Å². The Morgan fingerprint density at radius 1 is 1.16 bits per heavy atom. The predicted octanol–water partition coefficient (Wildman–Crippen LogP) is 4.24. The zero-order valence-electron chi connectivity index (χ0n) is 16.5. The quantitative estimate of drug-likeness (QED) is 0.521. The van der Waals surface area contributed by atoms with Crippen LogP contribution in [0.2, 0.25) is 0 Å². The largest absolute Gasteiger partial charge is 0.433 e. The fraction of sp³-hybridized carbons (Fsp3) is 0.227. The van der Waals surface area contributed by atoms with Gasteiger partial charge in [0, 0.05) is 24.5 Å². The number of anilines is 1. The molecule has 1 aliphatic rings. The molecule has 3 heterocycles. The van der Waals surface area contributed by atoms with E-state index >= 15 is 0 Å². The Morgan fingerprint density at radius 2 is 1.97 bits per heavy atom. The van der Waals surface area contributed by atoms with Gasteiger partial charge in [-0.25, -0.2) is 9.97 Å². The predicted molar refractivity (Wildman–Crippen MR) is 110 cm³/mol. The molecule has 0 radical (unpaired) electrons. The molecule has 1 aliphatic carbocycles.